The van der Waals surface area contributed by atoms with Crippen molar-refractivity contribution < 1.29 is 4.74 Å². The Morgan fingerprint density at radius 2 is 2.12 bits per heavy atom. The van der Waals surface area contributed by atoms with E-state index >= 15 is 0 Å². The number of hydrogen-bond acceptors (Lipinski definition) is 2. The summed E-state index contributed by atoms with van der Waals surface area (Å²) in [6, 6.07) is 8.81. The van der Waals surface area contributed by atoms with Crippen LogP contribution in [0.4, 0.5) is 5.69 Å². The van der Waals surface area contributed by atoms with Crippen molar-refractivity contribution in [2.75, 3.05) is 12.4 Å². The number of hydrogen-bond donors (Lipinski definition) is 1. The van der Waals surface area contributed by atoms with Gasteiger partial charge in [0, 0.05) is 23.3 Å². The van der Waals surface area contributed by atoms with Crippen LogP contribution in [-0.2, 0) is 4.74 Å². The summed E-state index contributed by atoms with van der Waals surface area (Å²) in [5.74, 6) is 0. The molecule has 2 atom stereocenters. The second kappa shape index (κ2) is 5.69. The molecule has 0 spiro atoms. The maximum Gasteiger partial charge on any atom is 0.0590 e. The normalized spacial score (nSPS) is 25.4. The quantitative estimate of drug-likeness (QED) is 0.911. The van der Waals surface area contributed by atoms with Crippen molar-refractivity contribution in [2.24, 2.45) is 0 Å². The Bertz CT molecular complexity index is 342. The molecule has 0 radical (unpaired) electrons. The predicted molar refractivity (Wildman–Crippen MR) is 70.8 cm³/mol. The van der Waals surface area contributed by atoms with Gasteiger partial charge in [0.05, 0.1) is 6.10 Å². The molecule has 1 N–H and O–H groups in total. The van der Waals surface area contributed by atoms with Crippen molar-refractivity contribution in [1.29, 1.82) is 0 Å². The van der Waals surface area contributed by atoms with Crippen molar-refractivity contribution >= 4 is 21.6 Å². The lowest BCUT2D eigenvalue weighted by Gasteiger charge is -2.29. The Hall–Kier alpha value is -0.540. The number of methoxy groups -OCH3 is 1. The first kappa shape index (κ1) is 11.9. The Morgan fingerprint density at radius 3 is 2.88 bits per heavy atom. The average Bonchev–Trinajstić information content (AvgIpc) is 2.32. The molecule has 1 fully saturated rings. The highest BCUT2D eigenvalue weighted by Gasteiger charge is 2.21. The van der Waals surface area contributed by atoms with Crippen molar-refractivity contribution in [1.82, 2.24) is 0 Å². The molecule has 1 aliphatic carbocycles. The molecule has 0 heterocycles. The molecular weight excluding hydrogens is 266 g/mol. The second-order valence-corrected chi connectivity index (χ2v) is 5.20. The van der Waals surface area contributed by atoms with Gasteiger partial charge in [0.15, 0.2) is 0 Å². The predicted octanol–water partition coefficient (Wildman–Crippen LogP) is 3.82. The zero-order chi connectivity index (χ0) is 11.4. The Kier molecular flexibility index (Phi) is 4.24. The summed E-state index contributed by atoms with van der Waals surface area (Å²) < 4.78 is 6.57. The topological polar surface area (TPSA) is 21.3 Å². The third-order valence-electron chi connectivity index (χ3n) is 3.19. The maximum atomic E-state index is 5.44. The summed E-state index contributed by atoms with van der Waals surface area (Å²) in [7, 11) is 1.81. The van der Waals surface area contributed by atoms with Crippen molar-refractivity contribution in [3.05, 3.63) is 28.7 Å². The molecule has 3 heteroatoms. The molecule has 0 bridgehead atoms. The molecule has 1 aromatic carbocycles. The molecule has 16 heavy (non-hydrogen) atoms. The lowest BCUT2D eigenvalue weighted by atomic mass is 9.92. The fourth-order valence-corrected chi connectivity index (χ4v) is 2.69. The van der Waals surface area contributed by atoms with Gasteiger partial charge in [-0.2, -0.15) is 0 Å². The first-order valence-electron chi connectivity index (χ1n) is 5.83. The molecule has 0 aliphatic heterocycles. The highest BCUT2D eigenvalue weighted by Crippen LogP contribution is 2.27. The van der Waals surface area contributed by atoms with Crippen LogP contribution in [0.25, 0.3) is 0 Å². The number of rotatable bonds is 3. The van der Waals surface area contributed by atoms with E-state index in [1.54, 1.807) is 0 Å². The molecule has 2 unspecified atom stereocenters. The molecule has 0 saturated heterocycles. The molecule has 1 aromatic rings. The second-order valence-electron chi connectivity index (χ2n) is 4.35. The van der Waals surface area contributed by atoms with Gasteiger partial charge in [0.2, 0.25) is 0 Å². The van der Waals surface area contributed by atoms with Gasteiger partial charge in [-0.05, 0) is 53.7 Å². The third kappa shape index (κ3) is 2.98. The number of halogens is 1. The molecular formula is C13H18BrNO. The van der Waals surface area contributed by atoms with Crippen LogP contribution < -0.4 is 5.32 Å². The number of para-hydroxylation sites is 1. The smallest absolute Gasteiger partial charge is 0.0590 e. The van der Waals surface area contributed by atoms with Crippen LogP contribution in [0.15, 0.2) is 28.7 Å². The van der Waals surface area contributed by atoms with Gasteiger partial charge in [0.1, 0.15) is 0 Å². The van der Waals surface area contributed by atoms with Gasteiger partial charge in [-0.1, -0.05) is 12.1 Å². The number of anilines is 1. The van der Waals surface area contributed by atoms with Crippen LogP contribution in [0.2, 0.25) is 0 Å². The summed E-state index contributed by atoms with van der Waals surface area (Å²) in [6.45, 7) is 0. The molecule has 1 aliphatic rings. The number of nitrogens with one attached hydrogen (secondary N) is 1. The van der Waals surface area contributed by atoms with Crippen LogP contribution in [0.1, 0.15) is 25.7 Å². The lowest BCUT2D eigenvalue weighted by Crippen LogP contribution is -2.31. The first-order valence-corrected chi connectivity index (χ1v) is 6.62. The maximum absolute atomic E-state index is 5.44. The van der Waals surface area contributed by atoms with Gasteiger partial charge < -0.3 is 10.1 Å². The van der Waals surface area contributed by atoms with Gasteiger partial charge >= 0.3 is 0 Å². The van der Waals surface area contributed by atoms with Crippen LogP contribution in [-0.4, -0.2) is 19.3 Å². The number of benzene rings is 1. The van der Waals surface area contributed by atoms with Crippen LogP contribution in [0, 0.1) is 0 Å². The molecule has 1 saturated carbocycles. The molecule has 2 rings (SSSR count). The minimum absolute atomic E-state index is 0.425. The molecule has 0 amide bonds. The minimum Gasteiger partial charge on any atom is -0.381 e. The monoisotopic (exact) mass is 283 g/mol. The van der Waals surface area contributed by atoms with E-state index in [-0.39, 0.29) is 0 Å². The summed E-state index contributed by atoms with van der Waals surface area (Å²) in [6.07, 6.45) is 5.22. The van der Waals surface area contributed by atoms with E-state index in [1.165, 1.54) is 24.9 Å². The minimum atomic E-state index is 0.425. The summed E-state index contributed by atoms with van der Waals surface area (Å²) in [5.41, 5.74) is 1.18. The first-order chi connectivity index (χ1) is 7.79. The highest BCUT2D eigenvalue weighted by atomic mass is 79.9. The Morgan fingerprint density at radius 1 is 1.31 bits per heavy atom. The van der Waals surface area contributed by atoms with Gasteiger partial charge in [-0.25, -0.2) is 0 Å². The van der Waals surface area contributed by atoms with Crippen LogP contribution in [0.5, 0.6) is 0 Å². The Labute approximate surface area is 106 Å². The molecule has 2 nitrogen and oxygen atoms in total. The van der Waals surface area contributed by atoms with E-state index in [0.717, 1.165) is 10.9 Å². The van der Waals surface area contributed by atoms with Crippen molar-refractivity contribution in [3.63, 3.8) is 0 Å². The summed E-state index contributed by atoms with van der Waals surface area (Å²) in [4.78, 5) is 0. The lowest BCUT2D eigenvalue weighted by molar-refractivity contribution is 0.0669. The Balaban J connectivity index is 1.97. The van der Waals surface area contributed by atoms with E-state index in [0.29, 0.717) is 12.1 Å². The van der Waals surface area contributed by atoms with E-state index in [2.05, 4.69) is 39.4 Å². The van der Waals surface area contributed by atoms with Crippen LogP contribution in [0.3, 0.4) is 0 Å². The fraction of sp³-hybridized carbons (Fsp3) is 0.538. The standard InChI is InChI=1S/C13H18BrNO/c1-16-11-6-4-5-10(9-11)15-13-8-3-2-7-12(13)14/h2-3,7-8,10-11,15H,4-6,9H2,1H3. The van der Waals surface area contributed by atoms with Crippen molar-refractivity contribution in [2.45, 2.75) is 37.8 Å². The molecule has 88 valence electrons. The molecule has 0 aromatic heterocycles. The van der Waals surface area contributed by atoms with E-state index in [4.69, 9.17) is 4.74 Å². The fourth-order valence-electron chi connectivity index (χ4n) is 2.29. The van der Waals surface area contributed by atoms with Gasteiger partial charge in [-0.3, -0.25) is 0 Å². The van der Waals surface area contributed by atoms with Crippen molar-refractivity contribution in [3.8, 4) is 0 Å². The summed E-state index contributed by atoms with van der Waals surface area (Å²) in [5, 5.41) is 3.59. The van der Waals surface area contributed by atoms with Gasteiger partial charge in [-0.15, -0.1) is 0 Å². The van der Waals surface area contributed by atoms with Gasteiger partial charge in [0.25, 0.3) is 0 Å². The average molecular weight is 284 g/mol. The van der Waals surface area contributed by atoms with E-state index in [1.807, 2.05) is 13.2 Å². The largest absolute Gasteiger partial charge is 0.381 e. The highest BCUT2D eigenvalue weighted by molar-refractivity contribution is 9.10. The number of ether oxygens (including phenoxy) is 1. The van der Waals surface area contributed by atoms with E-state index in [9.17, 15) is 0 Å². The zero-order valence-corrected chi connectivity index (χ0v) is 11.2. The van der Waals surface area contributed by atoms with E-state index < -0.39 is 0 Å². The third-order valence-corrected chi connectivity index (χ3v) is 3.88. The zero-order valence-electron chi connectivity index (χ0n) is 9.58. The SMILES string of the molecule is COC1CCCC(Nc2ccccc2Br)C1. The van der Waals surface area contributed by atoms with Crippen LogP contribution >= 0.6 is 15.9 Å². The summed E-state index contributed by atoms with van der Waals surface area (Å²) >= 11 is 3.56.